The Balaban J connectivity index is 1.41. The molecule has 0 fully saturated rings. The van der Waals surface area contributed by atoms with E-state index in [1.165, 1.54) is 6.20 Å². The lowest BCUT2D eigenvalue weighted by Gasteiger charge is -2.19. The van der Waals surface area contributed by atoms with E-state index in [0.717, 1.165) is 18.7 Å². The number of aromatic nitrogens is 5. The number of nitrogens with one attached hydrogen (secondary N) is 3. The van der Waals surface area contributed by atoms with E-state index >= 15 is 0 Å². The molecule has 0 saturated carbocycles. The second kappa shape index (κ2) is 14.1. The zero-order chi connectivity index (χ0) is 28.4. The maximum atomic E-state index is 13.0. The van der Waals surface area contributed by atoms with Gasteiger partial charge in [0.25, 0.3) is 5.91 Å². The van der Waals surface area contributed by atoms with Crippen molar-refractivity contribution in [3.05, 3.63) is 83.7 Å². The predicted octanol–water partition coefficient (Wildman–Crippen LogP) is 3.00. The Morgan fingerprint density at radius 2 is 1.73 bits per heavy atom. The summed E-state index contributed by atoms with van der Waals surface area (Å²) >= 11 is 0. The van der Waals surface area contributed by atoms with Gasteiger partial charge in [0, 0.05) is 0 Å². The molecule has 2 aromatic carbocycles. The van der Waals surface area contributed by atoms with Crippen molar-refractivity contribution < 1.29 is 13.2 Å². The highest BCUT2D eigenvalue weighted by Crippen LogP contribution is 2.18. The smallest absolute Gasteiger partial charge is 0.271 e. The number of carbonyl (C=O) groups excluding carboxylic acids is 1. The minimum absolute atomic E-state index is 0.0193. The fourth-order valence-corrected chi connectivity index (χ4v) is 5.64. The van der Waals surface area contributed by atoms with E-state index in [-0.39, 0.29) is 18.0 Å². The van der Waals surface area contributed by atoms with E-state index in [1.807, 2.05) is 48.5 Å². The van der Waals surface area contributed by atoms with Crippen molar-refractivity contribution >= 4 is 27.0 Å². The molecule has 3 N–H and O–H groups in total. The second-order valence-corrected chi connectivity index (χ2v) is 11.3. The minimum Gasteiger partial charge on any atom is -0.343 e. The third-order valence-electron chi connectivity index (χ3n) is 6.63. The number of hydrogen-bond acceptors (Lipinski definition) is 8. The zero-order valence-corrected chi connectivity index (χ0v) is 23.7. The molecule has 2 heterocycles. The van der Waals surface area contributed by atoms with Gasteiger partial charge < -0.3 is 10.2 Å². The van der Waals surface area contributed by atoms with Crippen LogP contribution in [0.2, 0.25) is 0 Å². The summed E-state index contributed by atoms with van der Waals surface area (Å²) < 4.78 is 28.8. The maximum Gasteiger partial charge on any atom is 0.271 e. The summed E-state index contributed by atoms with van der Waals surface area (Å²) in [4.78, 5) is 28.0. The molecule has 11 nitrogen and oxygen atoms in total. The molecule has 1 amide bonds. The first-order valence-electron chi connectivity index (χ1n) is 13.5. The number of fused-ring (bicyclic) bond motifs is 1. The van der Waals surface area contributed by atoms with Crippen molar-refractivity contribution in [2.75, 3.05) is 25.4 Å². The van der Waals surface area contributed by atoms with Crippen molar-refractivity contribution in [3.8, 4) is 0 Å². The maximum absolute atomic E-state index is 13.0. The molecule has 0 aliphatic heterocycles. The number of benzene rings is 2. The van der Waals surface area contributed by atoms with Gasteiger partial charge >= 0.3 is 0 Å². The summed E-state index contributed by atoms with van der Waals surface area (Å²) in [5.41, 5.74) is 2.61. The van der Waals surface area contributed by atoms with Gasteiger partial charge in [-0.3, -0.25) is 14.9 Å². The van der Waals surface area contributed by atoms with E-state index in [4.69, 9.17) is 0 Å². The highest BCUT2D eigenvalue weighted by Gasteiger charge is 2.23. The Bertz CT molecular complexity index is 1490. The fraction of sp³-hybridized carbons (Fsp3) is 0.393. The van der Waals surface area contributed by atoms with Crippen LogP contribution in [0.15, 0.2) is 60.8 Å². The number of hydrogen-bond donors (Lipinski definition) is 3. The standard InChI is InChI=1S/C28H36N8O3S/c1-3-36(4-2)17-10-18-40(38,39)35-24(16-15-21-11-6-5-7-12-21)27-32-26(33-34-27)20-30-28(37)25-19-29-22-13-8-9-14-23(22)31-25/h5-9,11-14,19,24,35H,3-4,10,15-18,20H2,1-2H3,(H,30,37)(H,32,33,34)/t24-/m1/s1. The summed E-state index contributed by atoms with van der Waals surface area (Å²) in [7, 11) is -3.57. The van der Waals surface area contributed by atoms with Crippen LogP contribution in [0.4, 0.5) is 0 Å². The summed E-state index contributed by atoms with van der Waals surface area (Å²) in [6, 6.07) is 16.6. The lowest BCUT2D eigenvalue weighted by atomic mass is 10.1. The van der Waals surface area contributed by atoms with Gasteiger partial charge in [0.2, 0.25) is 10.0 Å². The predicted molar refractivity (Wildman–Crippen MR) is 154 cm³/mol. The van der Waals surface area contributed by atoms with Crippen LogP contribution in [0.25, 0.3) is 11.0 Å². The topological polar surface area (TPSA) is 146 Å². The normalized spacial score (nSPS) is 12.6. The molecule has 4 rings (SSSR count). The van der Waals surface area contributed by atoms with Crippen molar-refractivity contribution in [3.63, 3.8) is 0 Å². The number of nitrogens with zero attached hydrogens (tertiary/aromatic N) is 5. The van der Waals surface area contributed by atoms with E-state index in [1.54, 1.807) is 6.07 Å². The Morgan fingerprint density at radius 3 is 2.48 bits per heavy atom. The van der Waals surface area contributed by atoms with E-state index < -0.39 is 22.0 Å². The molecular formula is C28H36N8O3S. The Labute approximate surface area is 234 Å². The first kappa shape index (κ1) is 29.2. The van der Waals surface area contributed by atoms with Crippen molar-refractivity contribution in [1.29, 1.82) is 0 Å². The number of para-hydroxylation sites is 2. The number of amides is 1. The van der Waals surface area contributed by atoms with Gasteiger partial charge in [-0.2, -0.15) is 5.10 Å². The Hall–Kier alpha value is -3.74. The van der Waals surface area contributed by atoms with Gasteiger partial charge in [-0.05, 0) is 56.6 Å². The molecule has 1 atom stereocenters. The average Bonchev–Trinajstić information content (AvgIpc) is 3.45. The molecule has 2 aromatic heterocycles. The molecular weight excluding hydrogens is 528 g/mol. The number of H-pyrrole nitrogens is 1. The van der Waals surface area contributed by atoms with Crippen LogP contribution < -0.4 is 10.0 Å². The molecule has 212 valence electrons. The highest BCUT2D eigenvalue weighted by atomic mass is 32.2. The molecule has 0 unspecified atom stereocenters. The largest absolute Gasteiger partial charge is 0.343 e. The van der Waals surface area contributed by atoms with Crippen LogP contribution in [-0.2, 0) is 23.0 Å². The van der Waals surface area contributed by atoms with Crippen LogP contribution in [0, 0.1) is 0 Å². The number of aryl methyl sites for hydroxylation is 1. The molecule has 0 radical (unpaired) electrons. The van der Waals surface area contributed by atoms with Crippen molar-refractivity contribution in [2.45, 2.75) is 45.7 Å². The molecule has 0 aliphatic rings. The van der Waals surface area contributed by atoms with Gasteiger partial charge in [-0.1, -0.05) is 56.3 Å². The average molecular weight is 565 g/mol. The van der Waals surface area contributed by atoms with Crippen LogP contribution in [-0.4, -0.2) is 69.8 Å². The van der Waals surface area contributed by atoms with Crippen molar-refractivity contribution in [1.82, 2.24) is 40.1 Å². The van der Waals surface area contributed by atoms with Crippen LogP contribution in [0.5, 0.6) is 0 Å². The minimum atomic E-state index is -3.57. The molecule has 0 saturated heterocycles. The third kappa shape index (κ3) is 8.38. The molecule has 0 bridgehead atoms. The monoisotopic (exact) mass is 564 g/mol. The van der Waals surface area contributed by atoms with E-state index in [2.05, 4.69) is 53.9 Å². The van der Waals surface area contributed by atoms with Crippen molar-refractivity contribution in [2.24, 2.45) is 0 Å². The Morgan fingerprint density at radius 1 is 1.00 bits per heavy atom. The SMILES string of the molecule is CCN(CC)CCCS(=O)(=O)N[C@H](CCc1ccccc1)c1n[nH]c(CNC(=O)c2cnc3ccccc3n2)n1. The molecule has 0 spiro atoms. The number of sulfonamides is 1. The summed E-state index contributed by atoms with van der Waals surface area (Å²) in [6.45, 7) is 6.68. The number of rotatable bonds is 15. The summed E-state index contributed by atoms with van der Waals surface area (Å²) in [5.74, 6) is 0.358. The molecule has 40 heavy (non-hydrogen) atoms. The van der Waals surface area contributed by atoms with Gasteiger partial charge in [0.1, 0.15) is 11.5 Å². The van der Waals surface area contributed by atoms with Crippen LogP contribution in [0.1, 0.15) is 60.4 Å². The quantitative estimate of drug-likeness (QED) is 0.200. The third-order valence-corrected chi connectivity index (χ3v) is 8.10. The fourth-order valence-electron chi connectivity index (χ4n) is 4.36. The van der Waals surface area contributed by atoms with Gasteiger partial charge in [0.05, 0.1) is 35.6 Å². The van der Waals surface area contributed by atoms with E-state index in [9.17, 15) is 13.2 Å². The van der Waals surface area contributed by atoms with Gasteiger partial charge in [0.15, 0.2) is 5.82 Å². The van der Waals surface area contributed by atoms with E-state index in [0.29, 0.717) is 48.5 Å². The summed E-state index contributed by atoms with van der Waals surface area (Å²) in [6.07, 6.45) is 3.09. The zero-order valence-electron chi connectivity index (χ0n) is 22.9. The first-order valence-corrected chi connectivity index (χ1v) is 15.2. The number of aromatic amines is 1. The lowest BCUT2D eigenvalue weighted by molar-refractivity contribution is 0.0945. The van der Waals surface area contributed by atoms with Gasteiger partial charge in [-0.15, -0.1) is 0 Å². The molecule has 0 aliphatic carbocycles. The van der Waals surface area contributed by atoms with Gasteiger partial charge in [-0.25, -0.2) is 23.1 Å². The molecule has 12 heteroatoms. The highest BCUT2D eigenvalue weighted by molar-refractivity contribution is 7.89. The Kier molecular flexibility index (Phi) is 10.3. The first-order chi connectivity index (χ1) is 19.4. The molecule has 4 aromatic rings. The van der Waals surface area contributed by atoms with Crippen LogP contribution >= 0.6 is 0 Å². The summed E-state index contributed by atoms with van der Waals surface area (Å²) in [5, 5.41) is 9.88. The number of carbonyl (C=O) groups is 1. The lowest BCUT2D eigenvalue weighted by Crippen LogP contribution is -2.33. The second-order valence-electron chi connectivity index (χ2n) is 9.46. The van der Waals surface area contributed by atoms with Crippen LogP contribution in [0.3, 0.4) is 0 Å².